The number of morpholine rings is 1. The maximum Gasteiger partial charge on any atom is 0.164 e. The molecule has 0 radical (unpaired) electrons. The van der Waals surface area contributed by atoms with Gasteiger partial charge in [0.2, 0.25) is 0 Å². The van der Waals surface area contributed by atoms with Crippen molar-refractivity contribution < 1.29 is 9.53 Å². The van der Waals surface area contributed by atoms with Gasteiger partial charge in [0.25, 0.3) is 0 Å². The van der Waals surface area contributed by atoms with Crippen LogP contribution in [0.1, 0.15) is 36.0 Å². The van der Waals surface area contributed by atoms with Crippen LogP contribution in [0.2, 0.25) is 0 Å². The zero-order valence-electron chi connectivity index (χ0n) is 14.1. The van der Waals surface area contributed by atoms with Crippen LogP contribution in [0.5, 0.6) is 0 Å². The minimum absolute atomic E-state index is 0.225. The number of Topliss-reactive ketones (excluding diaryl/α,β-unsaturated/α-hetero) is 1. The van der Waals surface area contributed by atoms with Gasteiger partial charge in [-0.1, -0.05) is 30.3 Å². The minimum atomic E-state index is 0.225. The van der Waals surface area contributed by atoms with E-state index in [-0.39, 0.29) is 11.8 Å². The predicted molar refractivity (Wildman–Crippen MR) is 91.8 cm³/mol. The van der Waals surface area contributed by atoms with E-state index in [4.69, 9.17) is 4.74 Å². The summed E-state index contributed by atoms with van der Waals surface area (Å²) >= 11 is 0. The van der Waals surface area contributed by atoms with Crippen molar-refractivity contribution in [1.82, 2.24) is 9.80 Å². The van der Waals surface area contributed by atoms with E-state index < -0.39 is 0 Å². The first kappa shape index (κ1) is 16.6. The zero-order chi connectivity index (χ0) is 16.1. The highest BCUT2D eigenvalue weighted by molar-refractivity contribution is 5.96. The molecule has 0 saturated carbocycles. The largest absolute Gasteiger partial charge is 0.378 e. The van der Waals surface area contributed by atoms with Crippen molar-refractivity contribution in [1.29, 1.82) is 0 Å². The van der Waals surface area contributed by atoms with Crippen LogP contribution in [0.4, 0.5) is 0 Å². The Morgan fingerprint density at radius 2 is 2.04 bits per heavy atom. The first-order chi connectivity index (χ1) is 11.2. The third-order valence-electron chi connectivity index (χ3n) is 5.29. The molecule has 0 amide bonds. The summed E-state index contributed by atoms with van der Waals surface area (Å²) in [7, 11) is 2.23. The fourth-order valence-corrected chi connectivity index (χ4v) is 3.79. The Balaban J connectivity index is 1.54. The van der Waals surface area contributed by atoms with Gasteiger partial charge in [-0.25, -0.2) is 0 Å². The molecule has 2 fully saturated rings. The molecule has 2 saturated heterocycles. The number of ketones is 1. The average molecular weight is 316 g/mol. The number of carbonyl (C=O) groups is 1. The monoisotopic (exact) mass is 316 g/mol. The standard InChI is InChI=1S/C19H28N2O2/c1-20-10-5-8-17(20)9-11-21-12-13-23-15-18(21)14-19(22)16-6-3-2-4-7-16/h2-4,6-7,17-18H,5,8-15H2,1H3. The molecule has 0 aliphatic carbocycles. The highest BCUT2D eigenvalue weighted by Gasteiger charge is 2.28. The van der Waals surface area contributed by atoms with Crippen LogP contribution in [0, 0.1) is 0 Å². The molecule has 0 aromatic heterocycles. The fourth-order valence-electron chi connectivity index (χ4n) is 3.79. The van der Waals surface area contributed by atoms with E-state index in [0.717, 1.165) is 25.3 Å². The molecule has 2 aliphatic heterocycles. The lowest BCUT2D eigenvalue weighted by Gasteiger charge is -2.36. The predicted octanol–water partition coefficient (Wildman–Crippen LogP) is 2.44. The average Bonchev–Trinajstić information content (AvgIpc) is 3.00. The molecule has 2 unspecified atom stereocenters. The first-order valence-electron chi connectivity index (χ1n) is 8.84. The van der Waals surface area contributed by atoms with Crippen LogP contribution in [-0.2, 0) is 4.74 Å². The summed E-state index contributed by atoms with van der Waals surface area (Å²) in [6, 6.07) is 10.6. The van der Waals surface area contributed by atoms with Crippen molar-refractivity contribution in [3.05, 3.63) is 35.9 Å². The molecule has 0 spiro atoms. The molecule has 23 heavy (non-hydrogen) atoms. The van der Waals surface area contributed by atoms with Crippen molar-refractivity contribution in [2.24, 2.45) is 0 Å². The van der Waals surface area contributed by atoms with Crippen LogP contribution >= 0.6 is 0 Å². The first-order valence-corrected chi connectivity index (χ1v) is 8.84. The van der Waals surface area contributed by atoms with Gasteiger partial charge in [0.15, 0.2) is 5.78 Å². The van der Waals surface area contributed by atoms with Crippen molar-refractivity contribution >= 4 is 5.78 Å². The van der Waals surface area contributed by atoms with Crippen LogP contribution in [0.25, 0.3) is 0 Å². The smallest absolute Gasteiger partial charge is 0.164 e. The Kier molecular flexibility index (Phi) is 5.81. The Morgan fingerprint density at radius 3 is 2.78 bits per heavy atom. The normalized spacial score (nSPS) is 26.5. The lowest BCUT2D eigenvalue weighted by molar-refractivity contribution is -0.0110. The quantitative estimate of drug-likeness (QED) is 0.755. The van der Waals surface area contributed by atoms with Crippen LogP contribution < -0.4 is 0 Å². The molecule has 2 heterocycles. The molecule has 0 bridgehead atoms. The molecule has 126 valence electrons. The molecule has 1 aromatic carbocycles. The molecule has 4 nitrogen and oxygen atoms in total. The number of nitrogens with zero attached hydrogens (tertiary/aromatic N) is 2. The highest BCUT2D eigenvalue weighted by atomic mass is 16.5. The van der Waals surface area contributed by atoms with Crippen molar-refractivity contribution in [2.75, 3.05) is 39.9 Å². The summed E-state index contributed by atoms with van der Waals surface area (Å²) in [5, 5.41) is 0. The second-order valence-corrected chi connectivity index (χ2v) is 6.82. The zero-order valence-corrected chi connectivity index (χ0v) is 14.1. The van der Waals surface area contributed by atoms with E-state index in [1.54, 1.807) is 0 Å². The van der Waals surface area contributed by atoms with Crippen molar-refractivity contribution in [3.63, 3.8) is 0 Å². The van der Waals surface area contributed by atoms with Crippen LogP contribution in [-0.4, -0.2) is 67.6 Å². The summed E-state index contributed by atoms with van der Waals surface area (Å²) in [6.07, 6.45) is 4.39. The lowest BCUT2D eigenvalue weighted by Crippen LogP contribution is -2.47. The number of rotatable bonds is 6. The minimum Gasteiger partial charge on any atom is -0.378 e. The van der Waals surface area contributed by atoms with E-state index >= 15 is 0 Å². The number of benzene rings is 1. The molecular formula is C19H28N2O2. The van der Waals surface area contributed by atoms with Gasteiger partial charge in [-0.05, 0) is 32.9 Å². The molecular weight excluding hydrogens is 288 g/mol. The lowest BCUT2D eigenvalue weighted by atomic mass is 10.0. The van der Waals surface area contributed by atoms with Gasteiger partial charge < -0.3 is 9.64 Å². The summed E-state index contributed by atoms with van der Waals surface area (Å²) in [4.78, 5) is 17.4. The molecule has 4 heteroatoms. The second kappa shape index (κ2) is 8.04. The summed E-state index contributed by atoms with van der Waals surface area (Å²) in [5.41, 5.74) is 0.813. The third-order valence-corrected chi connectivity index (χ3v) is 5.29. The molecule has 2 aliphatic rings. The fraction of sp³-hybridized carbons (Fsp3) is 0.632. The SMILES string of the molecule is CN1CCCC1CCN1CCOCC1CC(=O)c1ccccc1. The van der Waals surface area contributed by atoms with Gasteiger partial charge in [0.1, 0.15) is 0 Å². The number of hydrogen-bond acceptors (Lipinski definition) is 4. The molecule has 1 aromatic rings. The van der Waals surface area contributed by atoms with E-state index in [2.05, 4.69) is 16.8 Å². The maximum absolute atomic E-state index is 12.5. The van der Waals surface area contributed by atoms with Gasteiger partial charge in [-0.15, -0.1) is 0 Å². The second-order valence-electron chi connectivity index (χ2n) is 6.82. The van der Waals surface area contributed by atoms with E-state index in [1.807, 2.05) is 30.3 Å². The molecule has 2 atom stereocenters. The van der Waals surface area contributed by atoms with Gasteiger partial charge >= 0.3 is 0 Å². The molecule has 3 rings (SSSR count). The van der Waals surface area contributed by atoms with E-state index in [0.29, 0.717) is 19.1 Å². The maximum atomic E-state index is 12.5. The Morgan fingerprint density at radius 1 is 1.22 bits per heavy atom. The number of hydrogen-bond donors (Lipinski definition) is 0. The van der Waals surface area contributed by atoms with Crippen molar-refractivity contribution in [2.45, 2.75) is 37.8 Å². The summed E-state index contributed by atoms with van der Waals surface area (Å²) in [5.74, 6) is 0.226. The number of ether oxygens (including phenoxy) is 1. The van der Waals surface area contributed by atoms with E-state index in [1.165, 1.54) is 25.8 Å². The summed E-state index contributed by atoms with van der Waals surface area (Å²) in [6.45, 7) is 4.72. The van der Waals surface area contributed by atoms with Crippen LogP contribution in [0.3, 0.4) is 0 Å². The van der Waals surface area contributed by atoms with Crippen LogP contribution in [0.15, 0.2) is 30.3 Å². The van der Waals surface area contributed by atoms with Gasteiger partial charge in [-0.3, -0.25) is 9.69 Å². The Hall–Kier alpha value is -1.23. The topological polar surface area (TPSA) is 32.8 Å². The van der Waals surface area contributed by atoms with Crippen molar-refractivity contribution in [3.8, 4) is 0 Å². The summed E-state index contributed by atoms with van der Waals surface area (Å²) < 4.78 is 5.64. The molecule has 0 N–H and O–H groups in total. The highest BCUT2D eigenvalue weighted by Crippen LogP contribution is 2.20. The Bertz CT molecular complexity index is 505. The van der Waals surface area contributed by atoms with Gasteiger partial charge in [0, 0.05) is 37.2 Å². The van der Waals surface area contributed by atoms with E-state index in [9.17, 15) is 4.79 Å². The van der Waals surface area contributed by atoms with Gasteiger partial charge in [0.05, 0.1) is 13.2 Å². The third kappa shape index (κ3) is 4.40. The number of carbonyl (C=O) groups excluding carboxylic acids is 1. The number of likely N-dealkylation sites (tertiary alicyclic amines) is 1. The Labute approximate surface area is 139 Å². The van der Waals surface area contributed by atoms with Gasteiger partial charge in [-0.2, -0.15) is 0 Å².